The van der Waals surface area contributed by atoms with E-state index >= 15 is 4.79 Å². The third-order valence-electron chi connectivity index (χ3n) is 10.3. The standard InChI is InChI=1S/C38H45N3O7/c1-22(2)27(21-42)41-34-36(45)40(32-23(3)13-12-14-24(32)4)20-11-7-10-17-29(43)39-25(5)33(26-15-8-6-9-16-26)47-37(46)30-28-18-19-38(34,48-28)31(30)35(41)44/h6-9,11-16,18-19,22,25,27-28,30-31,33-34,42H,10,17,20-21H2,1-5H3,(H,39,43)/b11-7-/t25-,27-,28+,30-,31-,33+,34+,38-/m0/s1. The molecule has 254 valence electrons. The first-order valence-corrected chi connectivity index (χ1v) is 16.9. The van der Waals surface area contributed by atoms with Crippen LogP contribution in [-0.2, 0) is 28.7 Å². The van der Waals surface area contributed by atoms with Gasteiger partial charge in [0, 0.05) is 18.7 Å². The smallest absolute Gasteiger partial charge is 0.313 e. The summed E-state index contributed by atoms with van der Waals surface area (Å²) in [5, 5.41) is 13.6. The molecule has 0 unspecified atom stereocenters. The zero-order valence-electron chi connectivity index (χ0n) is 28.2. The second-order valence-corrected chi connectivity index (χ2v) is 13.8. The fourth-order valence-corrected chi connectivity index (χ4v) is 8.02. The molecule has 5 bridgehead atoms. The van der Waals surface area contributed by atoms with E-state index < -0.39 is 59.6 Å². The van der Waals surface area contributed by atoms with E-state index in [9.17, 15) is 19.5 Å². The van der Waals surface area contributed by atoms with Crippen molar-refractivity contribution in [1.29, 1.82) is 0 Å². The quantitative estimate of drug-likeness (QED) is 0.369. The van der Waals surface area contributed by atoms with Gasteiger partial charge in [-0.05, 0) is 49.8 Å². The molecule has 10 heteroatoms. The van der Waals surface area contributed by atoms with Crippen LogP contribution < -0.4 is 10.2 Å². The van der Waals surface area contributed by atoms with E-state index in [1.54, 1.807) is 24.0 Å². The van der Waals surface area contributed by atoms with Crippen molar-refractivity contribution in [2.45, 2.75) is 83.4 Å². The summed E-state index contributed by atoms with van der Waals surface area (Å²) in [6, 6.07) is 12.6. The molecule has 4 heterocycles. The number of fused-ring (bicyclic) bond motifs is 2. The SMILES string of the molecule is Cc1cccc(C)c1N1C/C=C\CCC(=O)N[C@@H](C)[C@H](c2ccccc2)OC(=O)[C@@H]2[C@H]3C(=O)N([C@@H](CO)C(C)C)[C@H](C1=O)[C@]31C=C[C@H]2O1. The number of allylic oxidation sites excluding steroid dienone is 1. The Morgan fingerprint density at radius 3 is 2.35 bits per heavy atom. The molecule has 2 N–H and O–H groups in total. The lowest BCUT2D eigenvalue weighted by molar-refractivity contribution is -0.161. The molecule has 2 aromatic carbocycles. The number of benzene rings is 2. The molecule has 4 aliphatic rings. The third-order valence-corrected chi connectivity index (χ3v) is 10.3. The van der Waals surface area contributed by atoms with E-state index in [4.69, 9.17) is 9.47 Å². The van der Waals surface area contributed by atoms with Crippen LogP contribution in [0.1, 0.15) is 56.4 Å². The van der Waals surface area contributed by atoms with Gasteiger partial charge in [0.15, 0.2) is 0 Å². The van der Waals surface area contributed by atoms with E-state index in [0.717, 1.165) is 11.1 Å². The van der Waals surface area contributed by atoms with Gasteiger partial charge in [-0.25, -0.2) is 0 Å². The van der Waals surface area contributed by atoms with Gasteiger partial charge in [-0.2, -0.15) is 0 Å². The van der Waals surface area contributed by atoms with Gasteiger partial charge in [0.1, 0.15) is 23.7 Å². The van der Waals surface area contributed by atoms with Gasteiger partial charge in [0.2, 0.25) is 11.8 Å². The van der Waals surface area contributed by atoms with Gasteiger partial charge in [0.05, 0.1) is 30.7 Å². The number of hydrogen-bond acceptors (Lipinski definition) is 7. The molecule has 8 atom stereocenters. The maximum Gasteiger partial charge on any atom is 0.313 e. The van der Waals surface area contributed by atoms with Crippen molar-refractivity contribution in [3.63, 3.8) is 0 Å². The molecule has 0 radical (unpaired) electrons. The van der Waals surface area contributed by atoms with Crippen molar-refractivity contribution in [1.82, 2.24) is 10.2 Å². The lowest BCUT2D eigenvalue weighted by Gasteiger charge is -2.40. The van der Waals surface area contributed by atoms with Gasteiger partial charge in [-0.1, -0.05) is 86.7 Å². The lowest BCUT2D eigenvalue weighted by Crippen LogP contribution is -2.59. The minimum absolute atomic E-state index is 0.183. The molecule has 0 aliphatic carbocycles. The molecule has 4 aliphatic heterocycles. The van der Waals surface area contributed by atoms with Crippen LogP contribution in [0.15, 0.2) is 72.8 Å². The Hall–Kier alpha value is -4.28. The highest BCUT2D eigenvalue weighted by atomic mass is 16.6. The number of anilines is 1. The van der Waals surface area contributed by atoms with Crippen molar-refractivity contribution < 1.29 is 33.8 Å². The van der Waals surface area contributed by atoms with Crippen molar-refractivity contribution in [2.75, 3.05) is 18.1 Å². The number of aryl methyl sites for hydroxylation is 2. The summed E-state index contributed by atoms with van der Waals surface area (Å²) in [4.78, 5) is 60.4. The largest absolute Gasteiger partial charge is 0.455 e. The zero-order chi connectivity index (χ0) is 34.3. The Balaban J connectivity index is 1.50. The Labute approximate surface area is 281 Å². The van der Waals surface area contributed by atoms with Crippen molar-refractivity contribution in [3.05, 3.63) is 89.5 Å². The molecule has 10 nitrogen and oxygen atoms in total. The van der Waals surface area contributed by atoms with Crippen LogP contribution in [0.4, 0.5) is 5.69 Å². The summed E-state index contributed by atoms with van der Waals surface area (Å²) in [5.74, 6) is -3.92. The number of likely N-dealkylation sites (tertiary alicyclic amines) is 1. The highest BCUT2D eigenvalue weighted by Crippen LogP contribution is 2.57. The summed E-state index contributed by atoms with van der Waals surface area (Å²) in [5.41, 5.74) is 1.72. The summed E-state index contributed by atoms with van der Waals surface area (Å²) >= 11 is 0. The normalized spacial score (nSPS) is 32.0. The number of nitrogens with zero attached hydrogens (tertiary/aromatic N) is 2. The first-order chi connectivity index (χ1) is 23.0. The number of esters is 1. The van der Waals surface area contributed by atoms with Crippen LogP contribution in [0.25, 0.3) is 0 Å². The number of hydrogen-bond donors (Lipinski definition) is 2. The Bertz CT molecular complexity index is 1620. The molecule has 2 aromatic rings. The Kier molecular flexibility index (Phi) is 9.33. The predicted octanol–water partition coefficient (Wildman–Crippen LogP) is 3.94. The van der Waals surface area contributed by atoms with Crippen LogP contribution in [0.5, 0.6) is 0 Å². The fraction of sp³-hybridized carbons (Fsp3) is 0.474. The second kappa shape index (κ2) is 13.3. The van der Waals surface area contributed by atoms with Crippen molar-refractivity contribution in [3.8, 4) is 0 Å². The van der Waals surface area contributed by atoms with Gasteiger partial charge in [-0.15, -0.1) is 0 Å². The van der Waals surface area contributed by atoms with E-state index in [-0.39, 0.29) is 37.3 Å². The molecule has 6 rings (SSSR count). The van der Waals surface area contributed by atoms with E-state index in [0.29, 0.717) is 17.7 Å². The summed E-state index contributed by atoms with van der Waals surface area (Å²) in [7, 11) is 0. The molecule has 3 amide bonds. The molecule has 48 heavy (non-hydrogen) atoms. The second-order valence-electron chi connectivity index (χ2n) is 13.8. The highest BCUT2D eigenvalue weighted by Gasteiger charge is 2.74. The predicted molar refractivity (Wildman–Crippen MR) is 180 cm³/mol. The Morgan fingerprint density at radius 2 is 1.69 bits per heavy atom. The number of nitrogens with one attached hydrogen (secondary N) is 1. The fourth-order valence-electron chi connectivity index (χ4n) is 8.02. The monoisotopic (exact) mass is 655 g/mol. The number of carbonyl (C=O) groups is 4. The number of ether oxygens (including phenoxy) is 2. The average Bonchev–Trinajstić information content (AvgIpc) is 3.70. The van der Waals surface area contributed by atoms with Gasteiger partial charge in [0.25, 0.3) is 5.91 Å². The summed E-state index contributed by atoms with van der Waals surface area (Å²) in [6.45, 7) is 9.27. The first kappa shape index (κ1) is 33.6. The third kappa shape index (κ3) is 5.64. The van der Waals surface area contributed by atoms with Crippen LogP contribution in [-0.4, -0.2) is 76.7 Å². The van der Waals surface area contributed by atoms with Crippen LogP contribution in [0.2, 0.25) is 0 Å². The number of cyclic esters (lactones) is 1. The van der Waals surface area contributed by atoms with E-state index in [1.165, 1.54) is 4.90 Å². The van der Waals surface area contributed by atoms with Crippen LogP contribution in [0, 0.1) is 31.6 Å². The number of rotatable bonds is 5. The zero-order valence-corrected chi connectivity index (χ0v) is 28.2. The van der Waals surface area contributed by atoms with Crippen molar-refractivity contribution >= 4 is 29.4 Å². The summed E-state index contributed by atoms with van der Waals surface area (Å²) in [6.07, 6.45) is 6.28. The first-order valence-electron chi connectivity index (χ1n) is 16.9. The minimum atomic E-state index is -1.45. The molecule has 2 fully saturated rings. The molecule has 2 saturated heterocycles. The van der Waals surface area contributed by atoms with E-state index in [1.807, 2.05) is 88.4 Å². The number of aliphatic hydroxyl groups is 1. The van der Waals surface area contributed by atoms with Gasteiger partial charge in [-0.3, -0.25) is 19.2 Å². The molecule has 0 saturated carbocycles. The van der Waals surface area contributed by atoms with Crippen molar-refractivity contribution in [2.24, 2.45) is 17.8 Å². The molecular weight excluding hydrogens is 610 g/mol. The minimum Gasteiger partial charge on any atom is -0.455 e. The van der Waals surface area contributed by atoms with Crippen LogP contribution >= 0.6 is 0 Å². The molecular formula is C38H45N3O7. The van der Waals surface area contributed by atoms with Gasteiger partial charge < -0.3 is 29.7 Å². The summed E-state index contributed by atoms with van der Waals surface area (Å²) < 4.78 is 12.8. The maximum atomic E-state index is 15.2. The number of amides is 3. The number of para-hydroxylation sites is 1. The van der Waals surface area contributed by atoms with Gasteiger partial charge >= 0.3 is 5.97 Å². The van der Waals surface area contributed by atoms with Crippen LogP contribution in [0.3, 0.4) is 0 Å². The Morgan fingerprint density at radius 1 is 0.979 bits per heavy atom. The maximum absolute atomic E-state index is 15.2. The lowest BCUT2D eigenvalue weighted by atomic mass is 9.74. The molecule has 0 aromatic heterocycles. The number of aliphatic hydroxyl groups excluding tert-OH is 1. The van der Waals surface area contributed by atoms with E-state index in [2.05, 4.69) is 5.32 Å². The topological polar surface area (TPSA) is 125 Å². The highest BCUT2D eigenvalue weighted by molar-refractivity contribution is 6.06. The molecule has 1 spiro atoms. The number of carbonyl (C=O) groups excluding carboxylic acids is 4. The average molecular weight is 656 g/mol.